The van der Waals surface area contributed by atoms with Crippen molar-refractivity contribution in [1.82, 2.24) is 19.5 Å². The molecule has 2 aromatic heterocycles. The zero-order valence-electron chi connectivity index (χ0n) is 17.0. The molecule has 4 rings (SSSR count). The number of aromatic hydroxyl groups is 1. The molecule has 0 aliphatic rings. The second-order valence-corrected chi connectivity index (χ2v) is 6.67. The normalized spacial score (nSPS) is 11.2. The first-order chi connectivity index (χ1) is 15.5. The number of nitrogen functional groups attached to an aromatic ring is 1. The predicted molar refractivity (Wildman–Crippen MR) is 121 cm³/mol. The highest BCUT2D eigenvalue weighted by molar-refractivity contribution is 5.81. The van der Waals surface area contributed by atoms with Crippen LogP contribution in [0, 0.1) is 5.82 Å². The Labute approximate surface area is 181 Å². The molecule has 0 atom stereocenters. The lowest BCUT2D eigenvalue weighted by Gasteiger charge is -2.16. The van der Waals surface area contributed by atoms with E-state index in [1.165, 1.54) is 35.3 Å². The topological polar surface area (TPSA) is 143 Å². The van der Waals surface area contributed by atoms with E-state index in [1.54, 1.807) is 31.3 Å². The second-order valence-electron chi connectivity index (χ2n) is 6.67. The maximum atomic E-state index is 14.5. The van der Waals surface area contributed by atoms with Crippen molar-refractivity contribution in [3.63, 3.8) is 0 Å². The highest BCUT2D eigenvalue weighted by Crippen LogP contribution is 2.24. The van der Waals surface area contributed by atoms with Gasteiger partial charge in [0.25, 0.3) is 5.56 Å². The first-order valence-electron chi connectivity index (χ1n) is 9.51. The molecule has 0 saturated carbocycles. The third-order valence-electron chi connectivity index (χ3n) is 4.61. The maximum absolute atomic E-state index is 14.5. The van der Waals surface area contributed by atoms with Gasteiger partial charge < -0.3 is 21.5 Å². The van der Waals surface area contributed by atoms with Crippen molar-refractivity contribution >= 4 is 34.7 Å². The molecule has 32 heavy (non-hydrogen) atoms. The minimum Gasteiger partial charge on any atom is -0.506 e. The molecule has 2 aromatic carbocycles. The summed E-state index contributed by atoms with van der Waals surface area (Å²) in [7, 11) is 1.60. The first-order valence-corrected chi connectivity index (χ1v) is 9.51. The van der Waals surface area contributed by atoms with Crippen LogP contribution in [0.3, 0.4) is 0 Å². The number of fused-ring (bicyclic) bond motifs is 1. The third kappa shape index (κ3) is 3.90. The average molecular weight is 434 g/mol. The quantitative estimate of drug-likeness (QED) is 0.267. The van der Waals surface area contributed by atoms with Crippen molar-refractivity contribution in [3.05, 3.63) is 70.7 Å². The highest BCUT2D eigenvalue weighted by Gasteiger charge is 2.18. The van der Waals surface area contributed by atoms with Crippen molar-refractivity contribution in [3.8, 4) is 11.4 Å². The fourth-order valence-corrected chi connectivity index (χ4v) is 3.19. The Morgan fingerprint density at radius 1 is 1.22 bits per heavy atom. The fourth-order valence-electron chi connectivity index (χ4n) is 3.19. The molecule has 0 unspecified atom stereocenters. The number of aromatic nitrogens is 4. The van der Waals surface area contributed by atoms with Crippen LogP contribution in [0.25, 0.3) is 16.6 Å². The molecule has 162 valence electrons. The smallest absolute Gasteiger partial charge is 0.269 e. The Morgan fingerprint density at radius 2 is 2.03 bits per heavy atom. The maximum Gasteiger partial charge on any atom is 0.269 e. The zero-order valence-corrected chi connectivity index (χ0v) is 17.0. The van der Waals surface area contributed by atoms with Gasteiger partial charge in [0.15, 0.2) is 5.82 Å². The van der Waals surface area contributed by atoms with Crippen molar-refractivity contribution < 1.29 is 9.50 Å². The van der Waals surface area contributed by atoms with Gasteiger partial charge in [0.05, 0.1) is 30.3 Å². The van der Waals surface area contributed by atoms with Crippen molar-refractivity contribution in [1.29, 1.82) is 0 Å². The number of para-hydroxylation sites is 2. The summed E-state index contributed by atoms with van der Waals surface area (Å²) in [6, 6.07) is 10.5. The number of nitrogens with two attached hydrogens (primary N) is 1. The van der Waals surface area contributed by atoms with Crippen molar-refractivity contribution in [2.24, 2.45) is 4.99 Å². The number of halogens is 1. The predicted octanol–water partition coefficient (Wildman–Crippen LogP) is 2.28. The summed E-state index contributed by atoms with van der Waals surface area (Å²) >= 11 is 0. The molecular formula is C21H19FN8O2. The molecule has 4 aromatic rings. The van der Waals surface area contributed by atoms with E-state index in [9.17, 15) is 14.3 Å². The number of rotatable bonds is 6. The molecule has 10 nitrogen and oxygen atoms in total. The first kappa shape index (κ1) is 20.7. The van der Waals surface area contributed by atoms with Gasteiger partial charge in [-0.15, -0.1) is 0 Å². The van der Waals surface area contributed by atoms with Crippen LogP contribution >= 0.6 is 0 Å². The molecule has 0 bridgehead atoms. The van der Waals surface area contributed by atoms with Crippen molar-refractivity contribution in [2.75, 3.05) is 23.4 Å². The molecule has 0 aliphatic heterocycles. The molecular weight excluding hydrogens is 415 g/mol. The van der Waals surface area contributed by atoms with Gasteiger partial charge in [-0.2, -0.15) is 4.98 Å². The van der Waals surface area contributed by atoms with Crippen LogP contribution in [0.4, 0.5) is 21.8 Å². The van der Waals surface area contributed by atoms with Gasteiger partial charge >= 0.3 is 0 Å². The van der Waals surface area contributed by atoms with E-state index in [2.05, 4.69) is 30.6 Å². The Bertz CT molecular complexity index is 1390. The van der Waals surface area contributed by atoms with Crippen LogP contribution in [0.5, 0.6) is 5.75 Å². The minimum absolute atomic E-state index is 0.00439. The highest BCUT2D eigenvalue weighted by atomic mass is 19.1. The third-order valence-corrected chi connectivity index (χ3v) is 4.61. The number of hydrogen-bond donors (Lipinski definition) is 4. The summed E-state index contributed by atoms with van der Waals surface area (Å²) in [4.78, 5) is 29.7. The number of anilines is 3. The van der Waals surface area contributed by atoms with Crippen LogP contribution in [-0.2, 0) is 6.54 Å². The summed E-state index contributed by atoms with van der Waals surface area (Å²) in [5, 5.41) is 16.2. The molecule has 0 fully saturated rings. The average Bonchev–Trinajstić information content (AvgIpc) is 2.78. The van der Waals surface area contributed by atoms with E-state index >= 15 is 0 Å². The van der Waals surface area contributed by atoms with Crippen LogP contribution < -0.4 is 21.9 Å². The van der Waals surface area contributed by atoms with E-state index in [-0.39, 0.29) is 40.7 Å². The van der Waals surface area contributed by atoms with Gasteiger partial charge in [0.2, 0.25) is 5.95 Å². The lowest BCUT2D eigenvalue weighted by Crippen LogP contribution is -2.26. The molecule has 11 heteroatoms. The Kier molecular flexibility index (Phi) is 5.62. The zero-order chi connectivity index (χ0) is 22.7. The second kappa shape index (κ2) is 8.68. The Morgan fingerprint density at radius 3 is 2.81 bits per heavy atom. The number of phenols is 1. The summed E-state index contributed by atoms with van der Waals surface area (Å²) in [6.45, 7) is 0.00439. The lowest BCUT2D eigenvalue weighted by molar-refractivity contribution is 0.471. The molecule has 0 saturated heterocycles. The van der Waals surface area contributed by atoms with E-state index in [4.69, 9.17) is 5.73 Å². The van der Waals surface area contributed by atoms with Gasteiger partial charge in [-0.1, -0.05) is 18.2 Å². The van der Waals surface area contributed by atoms with Crippen LogP contribution in [0.2, 0.25) is 0 Å². The van der Waals surface area contributed by atoms with E-state index in [1.807, 2.05) is 0 Å². The number of benzene rings is 2. The monoisotopic (exact) mass is 434 g/mol. The number of nitrogens with one attached hydrogen (secondary N) is 2. The minimum atomic E-state index is -0.697. The molecule has 0 amide bonds. The van der Waals surface area contributed by atoms with Gasteiger partial charge in [-0.25, -0.2) is 14.4 Å². The molecule has 0 aliphatic carbocycles. The number of nitrogens with zero attached hydrogens (tertiary/aromatic N) is 5. The van der Waals surface area contributed by atoms with Crippen LogP contribution in [0.1, 0.15) is 5.82 Å². The summed E-state index contributed by atoms with van der Waals surface area (Å²) < 4.78 is 15.6. The van der Waals surface area contributed by atoms with Gasteiger partial charge in [0, 0.05) is 7.05 Å². The molecule has 0 radical (unpaired) electrons. The lowest BCUT2D eigenvalue weighted by atomic mass is 10.2. The van der Waals surface area contributed by atoms with E-state index < -0.39 is 11.4 Å². The molecule has 0 spiro atoms. The number of aliphatic imine (C=N–C) groups is 1. The van der Waals surface area contributed by atoms with Crippen LogP contribution in [-0.4, -0.2) is 38.0 Å². The van der Waals surface area contributed by atoms with Crippen molar-refractivity contribution in [2.45, 2.75) is 6.54 Å². The summed E-state index contributed by atoms with van der Waals surface area (Å²) in [5.41, 5.74) is 5.92. The van der Waals surface area contributed by atoms with E-state index in [0.717, 1.165) is 0 Å². The largest absolute Gasteiger partial charge is 0.506 e. The van der Waals surface area contributed by atoms with Crippen LogP contribution in [0.15, 0.2) is 58.4 Å². The van der Waals surface area contributed by atoms with Gasteiger partial charge in [0.1, 0.15) is 28.5 Å². The van der Waals surface area contributed by atoms with E-state index in [0.29, 0.717) is 11.5 Å². The summed E-state index contributed by atoms with van der Waals surface area (Å²) in [5.74, 6) is -0.242. The summed E-state index contributed by atoms with van der Waals surface area (Å²) in [6.07, 6.45) is 2.93. The Hall–Kier alpha value is -4.54. The number of hydrogen-bond acceptors (Lipinski definition) is 8. The molecule has 2 heterocycles. The molecule has 5 N–H and O–H groups in total. The standard InChI is InChI=1S/C21H19FN8O2/c1-24-11-27-14-9-26-21(23)29-19(14)25-10-17-28-13-6-4-5-12(22)18(13)20(32)30(17)15-7-2-3-8-16(15)31/h2-9,11,31H,10H2,1H3,(H,24,27)(H3,23,25,26,29). The Balaban J connectivity index is 1.85. The van der Waals surface area contributed by atoms with Gasteiger partial charge in [-0.3, -0.25) is 14.4 Å². The SMILES string of the molecule is CN=CNc1cnc(N)nc1NCc1nc2cccc(F)c2c(=O)n1-c1ccccc1O. The fraction of sp³-hybridized carbons (Fsp3) is 0.0952. The number of phenolic OH excluding ortho intramolecular Hbond substituents is 1. The van der Waals surface area contributed by atoms with Gasteiger partial charge in [-0.05, 0) is 24.3 Å².